The van der Waals surface area contributed by atoms with Crippen molar-refractivity contribution in [3.63, 3.8) is 0 Å². The molecule has 140 valence electrons. The summed E-state index contributed by atoms with van der Waals surface area (Å²) >= 11 is 12.4. The molecule has 0 radical (unpaired) electrons. The molecule has 0 amide bonds. The number of nitrogens with zero attached hydrogens (tertiary/aromatic N) is 2. The molecule has 1 N–H and O–H groups in total. The van der Waals surface area contributed by atoms with Crippen molar-refractivity contribution < 1.29 is 5.11 Å². The van der Waals surface area contributed by atoms with E-state index in [0.717, 1.165) is 11.6 Å². The van der Waals surface area contributed by atoms with Crippen molar-refractivity contribution in [3.8, 4) is 17.3 Å². The van der Waals surface area contributed by atoms with E-state index in [9.17, 15) is 9.90 Å². The fourth-order valence-electron chi connectivity index (χ4n) is 2.81. The molecule has 4 nitrogen and oxygen atoms in total. The maximum absolute atomic E-state index is 12.5. The highest BCUT2D eigenvalue weighted by atomic mass is 35.5. The smallest absolute Gasteiger partial charge is 0.257 e. The van der Waals surface area contributed by atoms with E-state index in [1.807, 2.05) is 12.1 Å². The summed E-state index contributed by atoms with van der Waals surface area (Å²) in [4.78, 5) is 16.7. The monoisotopic (exact) mass is 402 g/mol. The van der Waals surface area contributed by atoms with Gasteiger partial charge in [0.15, 0.2) is 0 Å². The lowest BCUT2D eigenvalue weighted by molar-refractivity contribution is 0.448. The lowest BCUT2D eigenvalue weighted by Crippen LogP contribution is -2.23. The molecule has 0 unspecified atom stereocenters. The molecule has 2 aromatic carbocycles. The summed E-state index contributed by atoms with van der Waals surface area (Å²) in [7, 11) is 0. The summed E-state index contributed by atoms with van der Waals surface area (Å²) in [5.41, 5.74) is 2.32. The van der Waals surface area contributed by atoms with Gasteiger partial charge in [-0.05, 0) is 34.7 Å². The third-order valence-corrected chi connectivity index (χ3v) is 4.89. The van der Waals surface area contributed by atoms with Crippen molar-refractivity contribution >= 4 is 23.2 Å². The van der Waals surface area contributed by atoms with Gasteiger partial charge in [-0.15, -0.1) is 0 Å². The minimum Gasteiger partial charge on any atom is -0.493 e. The molecule has 1 aromatic heterocycles. The van der Waals surface area contributed by atoms with Gasteiger partial charge in [-0.1, -0.05) is 68.2 Å². The first kappa shape index (κ1) is 19.5. The Morgan fingerprint density at radius 3 is 2.33 bits per heavy atom. The van der Waals surface area contributed by atoms with Crippen molar-refractivity contribution in [2.75, 3.05) is 0 Å². The average Bonchev–Trinajstić information content (AvgIpc) is 2.59. The molecular weight excluding hydrogens is 383 g/mol. The number of hydrogen-bond donors (Lipinski definition) is 1. The summed E-state index contributed by atoms with van der Waals surface area (Å²) in [6, 6.07) is 14.1. The van der Waals surface area contributed by atoms with Crippen LogP contribution in [-0.4, -0.2) is 14.7 Å². The van der Waals surface area contributed by atoms with Crippen LogP contribution >= 0.6 is 23.2 Å². The van der Waals surface area contributed by atoms with Crippen molar-refractivity contribution in [2.45, 2.75) is 32.7 Å². The summed E-state index contributed by atoms with van der Waals surface area (Å²) in [5.74, 6) is -0.0854. The van der Waals surface area contributed by atoms with E-state index >= 15 is 0 Å². The molecule has 0 aliphatic carbocycles. The van der Waals surface area contributed by atoms with Gasteiger partial charge in [-0.25, -0.2) is 0 Å². The van der Waals surface area contributed by atoms with Gasteiger partial charge >= 0.3 is 0 Å². The number of aromatic nitrogens is 2. The molecule has 3 aromatic rings. The molecule has 6 heteroatoms. The van der Waals surface area contributed by atoms with Crippen LogP contribution in [0, 0.1) is 0 Å². The Kier molecular flexibility index (Phi) is 5.31. The lowest BCUT2D eigenvalue weighted by Gasteiger charge is -2.19. The molecule has 0 saturated heterocycles. The molecule has 0 bridgehead atoms. The molecule has 0 fully saturated rings. The Bertz CT molecular complexity index is 1040. The van der Waals surface area contributed by atoms with Gasteiger partial charge in [0.2, 0.25) is 5.88 Å². The van der Waals surface area contributed by atoms with Crippen molar-refractivity contribution in [1.29, 1.82) is 0 Å². The largest absolute Gasteiger partial charge is 0.493 e. The van der Waals surface area contributed by atoms with Crippen LogP contribution in [0.3, 0.4) is 0 Å². The Labute approximate surface area is 168 Å². The maximum atomic E-state index is 12.5. The minimum atomic E-state index is -0.367. The number of aromatic hydroxyl groups is 1. The second-order valence-corrected chi connectivity index (χ2v) is 8.28. The average molecular weight is 403 g/mol. The topological polar surface area (TPSA) is 55.1 Å². The third kappa shape index (κ3) is 4.34. The van der Waals surface area contributed by atoms with Crippen molar-refractivity contribution in [3.05, 3.63) is 80.1 Å². The Hall–Kier alpha value is -2.30. The molecular formula is C21H20Cl2N2O2. The van der Waals surface area contributed by atoms with E-state index in [0.29, 0.717) is 22.2 Å². The number of benzene rings is 2. The molecule has 27 heavy (non-hydrogen) atoms. The minimum absolute atomic E-state index is 0.0505. The maximum Gasteiger partial charge on any atom is 0.257 e. The van der Waals surface area contributed by atoms with Gasteiger partial charge in [-0.3, -0.25) is 9.36 Å². The highest BCUT2D eigenvalue weighted by Gasteiger charge is 2.16. The quantitative estimate of drug-likeness (QED) is 0.648. The van der Waals surface area contributed by atoms with Gasteiger partial charge in [0.1, 0.15) is 5.82 Å². The van der Waals surface area contributed by atoms with Crippen LogP contribution in [0.2, 0.25) is 10.0 Å². The Balaban J connectivity index is 2.08. The summed E-state index contributed by atoms with van der Waals surface area (Å²) < 4.78 is 1.48. The standard InChI is InChI=1S/C21H20Cl2N2O2/c1-21(2,3)14-6-4-13(5-7-14)12-25-19(27)11-18(26)24-20(25)16-10-15(22)8-9-17(16)23/h4-11,26H,12H2,1-3H3. The number of halogens is 2. The fourth-order valence-corrected chi connectivity index (χ4v) is 3.19. The van der Waals surface area contributed by atoms with E-state index in [-0.39, 0.29) is 22.7 Å². The van der Waals surface area contributed by atoms with E-state index in [1.165, 1.54) is 10.1 Å². The van der Waals surface area contributed by atoms with Crippen LogP contribution in [0.5, 0.6) is 5.88 Å². The lowest BCUT2D eigenvalue weighted by atomic mass is 9.87. The second-order valence-electron chi connectivity index (χ2n) is 7.43. The van der Waals surface area contributed by atoms with Gasteiger partial charge in [-0.2, -0.15) is 4.98 Å². The van der Waals surface area contributed by atoms with E-state index in [4.69, 9.17) is 23.2 Å². The first-order chi connectivity index (χ1) is 12.6. The highest BCUT2D eigenvalue weighted by molar-refractivity contribution is 6.35. The van der Waals surface area contributed by atoms with Crippen molar-refractivity contribution in [2.24, 2.45) is 0 Å². The highest BCUT2D eigenvalue weighted by Crippen LogP contribution is 2.30. The van der Waals surface area contributed by atoms with Crippen LogP contribution in [-0.2, 0) is 12.0 Å². The molecule has 0 spiro atoms. The number of rotatable bonds is 3. The second kappa shape index (κ2) is 7.37. The molecule has 0 saturated carbocycles. The summed E-state index contributed by atoms with van der Waals surface area (Å²) in [5, 5.41) is 10.7. The SMILES string of the molecule is CC(C)(C)c1ccc(Cn2c(-c3cc(Cl)ccc3Cl)nc(O)cc2=O)cc1. The van der Waals surface area contributed by atoms with Gasteiger partial charge in [0.25, 0.3) is 5.56 Å². The van der Waals surface area contributed by atoms with Gasteiger partial charge < -0.3 is 5.11 Å². The van der Waals surface area contributed by atoms with Crippen molar-refractivity contribution in [1.82, 2.24) is 9.55 Å². The molecule has 0 aliphatic rings. The van der Waals surface area contributed by atoms with Crippen LogP contribution in [0.1, 0.15) is 31.9 Å². The normalized spacial score (nSPS) is 11.6. The first-order valence-corrected chi connectivity index (χ1v) is 9.26. The number of hydrogen-bond acceptors (Lipinski definition) is 3. The fraction of sp³-hybridized carbons (Fsp3) is 0.238. The molecule has 1 heterocycles. The van der Waals surface area contributed by atoms with Crippen LogP contribution < -0.4 is 5.56 Å². The third-order valence-electron chi connectivity index (χ3n) is 4.32. The van der Waals surface area contributed by atoms with E-state index < -0.39 is 0 Å². The summed E-state index contributed by atoms with van der Waals surface area (Å²) in [6.45, 7) is 6.75. The molecule has 0 aliphatic heterocycles. The Morgan fingerprint density at radius 1 is 1.04 bits per heavy atom. The van der Waals surface area contributed by atoms with Crippen LogP contribution in [0.25, 0.3) is 11.4 Å². The van der Waals surface area contributed by atoms with Gasteiger partial charge in [0, 0.05) is 10.6 Å². The predicted octanol–water partition coefficient (Wildman–Crippen LogP) is 5.27. The Morgan fingerprint density at radius 2 is 1.70 bits per heavy atom. The first-order valence-electron chi connectivity index (χ1n) is 8.51. The molecule has 0 atom stereocenters. The predicted molar refractivity (Wildman–Crippen MR) is 110 cm³/mol. The van der Waals surface area contributed by atoms with Crippen LogP contribution in [0.15, 0.2) is 53.3 Å². The zero-order chi connectivity index (χ0) is 19.8. The van der Waals surface area contributed by atoms with E-state index in [2.05, 4.69) is 37.9 Å². The zero-order valence-corrected chi connectivity index (χ0v) is 16.8. The van der Waals surface area contributed by atoms with Crippen LogP contribution in [0.4, 0.5) is 0 Å². The molecule has 3 rings (SSSR count). The zero-order valence-electron chi connectivity index (χ0n) is 15.3. The summed E-state index contributed by atoms with van der Waals surface area (Å²) in [6.07, 6.45) is 0. The van der Waals surface area contributed by atoms with E-state index in [1.54, 1.807) is 18.2 Å². The van der Waals surface area contributed by atoms with Gasteiger partial charge in [0.05, 0.1) is 17.6 Å².